The molecule has 0 saturated heterocycles. The van der Waals surface area contributed by atoms with Crippen molar-refractivity contribution in [3.63, 3.8) is 0 Å². The molecule has 1 amide bonds. The minimum atomic E-state index is -4.46. The predicted octanol–water partition coefficient (Wildman–Crippen LogP) is 2.90. The zero-order chi connectivity index (χ0) is 19.6. The van der Waals surface area contributed by atoms with Crippen LogP contribution < -0.4 is 5.32 Å². The average Bonchev–Trinajstić information content (AvgIpc) is 3.16. The van der Waals surface area contributed by atoms with Gasteiger partial charge in [-0.3, -0.25) is 9.20 Å². The van der Waals surface area contributed by atoms with E-state index >= 15 is 0 Å². The Morgan fingerprint density at radius 3 is 2.74 bits per heavy atom. The van der Waals surface area contributed by atoms with Gasteiger partial charge in [-0.2, -0.15) is 13.2 Å². The lowest BCUT2D eigenvalue weighted by Crippen LogP contribution is -2.25. The van der Waals surface area contributed by atoms with Crippen LogP contribution in [0.15, 0.2) is 22.9 Å². The lowest BCUT2D eigenvalue weighted by molar-refractivity contribution is -0.137. The Morgan fingerprint density at radius 2 is 2.07 bits per heavy atom. The summed E-state index contributed by atoms with van der Waals surface area (Å²) in [7, 11) is 0. The van der Waals surface area contributed by atoms with E-state index in [9.17, 15) is 18.0 Å². The molecule has 3 heterocycles. The number of pyridine rings is 1. The largest absolute Gasteiger partial charge is 0.417 e. The molecule has 0 unspecified atom stereocenters. The number of amides is 1. The third kappa shape index (κ3) is 4.41. The number of aromatic nitrogens is 4. The molecule has 0 aliphatic carbocycles. The molecule has 0 saturated carbocycles. The number of aryl methyl sites for hydroxylation is 2. The molecule has 0 bridgehead atoms. The van der Waals surface area contributed by atoms with E-state index in [1.165, 1.54) is 22.2 Å². The topological polar surface area (TPSA) is 85.3 Å². The van der Waals surface area contributed by atoms with Crippen LogP contribution in [0.3, 0.4) is 0 Å². The Hall–Kier alpha value is -2.56. The number of thioether (sulfide) groups is 1. The molecule has 7 nitrogen and oxygen atoms in total. The fourth-order valence-corrected chi connectivity index (χ4v) is 3.41. The van der Waals surface area contributed by atoms with Crippen molar-refractivity contribution in [3.05, 3.63) is 46.7 Å². The van der Waals surface area contributed by atoms with Gasteiger partial charge in [0.25, 0.3) is 0 Å². The summed E-state index contributed by atoms with van der Waals surface area (Å²) < 4.78 is 44.8. The number of halogens is 3. The first-order valence-electron chi connectivity index (χ1n) is 7.92. The van der Waals surface area contributed by atoms with Crippen LogP contribution in [0, 0.1) is 13.8 Å². The average molecular weight is 399 g/mol. The molecule has 0 aliphatic rings. The van der Waals surface area contributed by atoms with E-state index in [2.05, 4.69) is 20.7 Å². The lowest BCUT2D eigenvalue weighted by atomic mass is 10.2. The van der Waals surface area contributed by atoms with Crippen molar-refractivity contribution < 1.29 is 22.5 Å². The van der Waals surface area contributed by atoms with E-state index in [0.29, 0.717) is 5.75 Å². The van der Waals surface area contributed by atoms with Crippen LogP contribution in [0.1, 0.15) is 28.4 Å². The van der Waals surface area contributed by atoms with Crippen LogP contribution in [0.2, 0.25) is 0 Å². The van der Waals surface area contributed by atoms with Crippen molar-refractivity contribution in [1.82, 2.24) is 25.1 Å². The predicted molar refractivity (Wildman–Crippen MR) is 92.0 cm³/mol. The molecule has 144 valence electrons. The molecule has 0 aliphatic heterocycles. The molecule has 3 aromatic heterocycles. The Balaban J connectivity index is 1.57. The number of hydrogen-bond acceptors (Lipinski definition) is 6. The van der Waals surface area contributed by atoms with Crippen LogP contribution in [0.25, 0.3) is 5.65 Å². The van der Waals surface area contributed by atoms with Gasteiger partial charge in [0.15, 0.2) is 11.5 Å². The maximum absolute atomic E-state index is 12.8. The number of carbonyl (C=O) groups is 1. The van der Waals surface area contributed by atoms with E-state index in [-0.39, 0.29) is 29.7 Å². The maximum atomic E-state index is 12.8. The highest BCUT2D eigenvalue weighted by Gasteiger charge is 2.31. The normalized spacial score (nSPS) is 11.9. The van der Waals surface area contributed by atoms with Crippen LogP contribution >= 0.6 is 11.8 Å². The molecule has 27 heavy (non-hydrogen) atoms. The molecule has 0 aromatic carbocycles. The Kier molecular flexibility index (Phi) is 5.40. The standard InChI is InChI=1S/C16H16F3N5O2S/c1-9-12(10(2)26-23-9)7-27-8-15(25)20-5-14-22-21-13-4-3-11(6-24(13)14)16(17,18)19/h3-4,6H,5,7-8H2,1-2H3,(H,20,25). The molecule has 11 heteroatoms. The zero-order valence-corrected chi connectivity index (χ0v) is 15.3. The summed E-state index contributed by atoms with van der Waals surface area (Å²) in [4.78, 5) is 12.0. The van der Waals surface area contributed by atoms with Gasteiger partial charge >= 0.3 is 6.18 Å². The number of rotatable bonds is 6. The lowest BCUT2D eigenvalue weighted by Gasteiger charge is -2.08. The quantitative estimate of drug-likeness (QED) is 0.686. The Morgan fingerprint density at radius 1 is 1.30 bits per heavy atom. The van der Waals surface area contributed by atoms with E-state index in [4.69, 9.17) is 4.52 Å². The molecule has 0 radical (unpaired) electrons. The van der Waals surface area contributed by atoms with Gasteiger partial charge in [0, 0.05) is 17.5 Å². The second kappa shape index (κ2) is 7.59. The minimum Gasteiger partial charge on any atom is -0.361 e. The minimum absolute atomic E-state index is 0.0206. The summed E-state index contributed by atoms with van der Waals surface area (Å²) in [6.45, 7) is 3.62. The van der Waals surface area contributed by atoms with E-state index in [1.54, 1.807) is 0 Å². The van der Waals surface area contributed by atoms with Gasteiger partial charge in [0.05, 0.1) is 23.6 Å². The van der Waals surface area contributed by atoms with E-state index in [1.807, 2.05) is 13.8 Å². The van der Waals surface area contributed by atoms with E-state index in [0.717, 1.165) is 29.3 Å². The number of nitrogens with zero attached hydrogens (tertiary/aromatic N) is 4. The number of nitrogens with one attached hydrogen (secondary N) is 1. The third-order valence-corrected chi connectivity index (χ3v) is 4.86. The second-order valence-corrected chi connectivity index (χ2v) is 6.82. The molecule has 1 N–H and O–H groups in total. The first kappa shape index (κ1) is 19.2. The number of alkyl halides is 3. The van der Waals surface area contributed by atoms with Gasteiger partial charge in [0.2, 0.25) is 5.91 Å². The molecular formula is C16H16F3N5O2S. The highest BCUT2D eigenvalue weighted by atomic mass is 32.2. The van der Waals surface area contributed by atoms with Crippen LogP contribution in [-0.4, -0.2) is 31.4 Å². The van der Waals surface area contributed by atoms with Gasteiger partial charge in [0.1, 0.15) is 5.76 Å². The first-order valence-corrected chi connectivity index (χ1v) is 9.08. The van der Waals surface area contributed by atoms with Crippen molar-refractivity contribution in [1.29, 1.82) is 0 Å². The van der Waals surface area contributed by atoms with Gasteiger partial charge in [-0.25, -0.2) is 0 Å². The van der Waals surface area contributed by atoms with Gasteiger partial charge in [-0.15, -0.1) is 22.0 Å². The van der Waals surface area contributed by atoms with Crippen LogP contribution in [0.4, 0.5) is 13.2 Å². The number of carbonyl (C=O) groups excluding carboxylic acids is 1. The van der Waals surface area contributed by atoms with Crippen LogP contribution in [-0.2, 0) is 23.3 Å². The first-order chi connectivity index (χ1) is 12.8. The summed E-state index contributed by atoms with van der Waals surface area (Å²) in [5.41, 5.74) is 1.21. The zero-order valence-electron chi connectivity index (χ0n) is 14.5. The Bertz CT molecular complexity index is 947. The summed E-state index contributed by atoms with van der Waals surface area (Å²) in [6, 6.07) is 2.18. The van der Waals surface area contributed by atoms with E-state index < -0.39 is 11.7 Å². The van der Waals surface area contributed by atoms with Crippen molar-refractivity contribution >= 4 is 23.3 Å². The van der Waals surface area contributed by atoms with Crippen molar-refractivity contribution in [2.24, 2.45) is 0 Å². The fourth-order valence-electron chi connectivity index (χ4n) is 2.41. The van der Waals surface area contributed by atoms with Gasteiger partial charge in [-0.05, 0) is 26.0 Å². The molecule has 0 spiro atoms. The fraction of sp³-hybridized carbons (Fsp3) is 0.375. The maximum Gasteiger partial charge on any atom is 0.417 e. The van der Waals surface area contributed by atoms with Crippen molar-refractivity contribution in [2.45, 2.75) is 32.3 Å². The summed E-state index contributed by atoms with van der Waals surface area (Å²) in [5.74, 6) is 1.46. The molecular weight excluding hydrogens is 383 g/mol. The van der Waals surface area contributed by atoms with Crippen LogP contribution in [0.5, 0.6) is 0 Å². The Labute approximate surface area is 156 Å². The summed E-state index contributed by atoms with van der Waals surface area (Å²) in [5, 5.41) is 14.1. The monoisotopic (exact) mass is 399 g/mol. The highest BCUT2D eigenvalue weighted by molar-refractivity contribution is 7.99. The van der Waals surface area contributed by atoms with Crippen molar-refractivity contribution in [3.8, 4) is 0 Å². The highest BCUT2D eigenvalue weighted by Crippen LogP contribution is 2.29. The second-order valence-electron chi connectivity index (χ2n) is 5.83. The molecule has 3 rings (SSSR count). The van der Waals surface area contributed by atoms with Crippen molar-refractivity contribution in [2.75, 3.05) is 5.75 Å². The molecule has 0 atom stereocenters. The summed E-state index contributed by atoms with van der Waals surface area (Å²) in [6.07, 6.45) is -3.54. The number of hydrogen-bond donors (Lipinski definition) is 1. The third-order valence-electron chi connectivity index (χ3n) is 3.90. The SMILES string of the molecule is Cc1noc(C)c1CSCC(=O)NCc1nnc2ccc(C(F)(F)F)cn12. The smallest absolute Gasteiger partial charge is 0.361 e. The molecule has 0 fully saturated rings. The molecule has 3 aromatic rings. The summed E-state index contributed by atoms with van der Waals surface area (Å²) >= 11 is 1.39. The van der Waals surface area contributed by atoms with Gasteiger partial charge in [-0.1, -0.05) is 5.16 Å². The van der Waals surface area contributed by atoms with Gasteiger partial charge < -0.3 is 9.84 Å². The number of fused-ring (bicyclic) bond motifs is 1.